The summed E-state index contributed by atoms with van der Waals surface area (Å²) in [6, 6.07) is 17.2. The summed E-state index contributed by atoms with van der Waals surface area (Å²) >= 11 is 0. The van der Waals surface area contributed by atoms with Crippen LogP contribution in [0.4, 0.5) is 0 Å². The molecular formula is C19H25N. The minimum Gasteiger partial charge on any atom is -0.325 e. The molecule has 20 heavy (non-hydrogen) atoms. The predicted molar refractivity (Wildman–Crippen MR) is 87.0 cm³/mol. The number of rotatable bonds is 5. The quantitative estimate of drug-likeness (QED) is 0.863. The maximum Gasteiger partial charge on any atom is 0.0233 e. The van der Waals surface area contributed by atoms with Gasteiger partial charge in [0.25, 0.3) is 0 Å². The van der Waals surface area contributed by atoms with Crippen molar-refractivity contribution in [2.45, 2.75) is 45.6 Å². The molecule has 0 bridgehead atoms. The van der Waals surface area contributed by atoms with Gasteiger partial charge in [0.05, 0.1) is 0 Å². The largest absolute Gasteiger partial charge is 0.325 e. The van der Waals surface area contributed by atoms with Crippen LogP contribution >= 0.6 is 0 Å². The Labute approximate surface area is 122 Å². The molecule has 0 radical (unpaired) electrons. The fourth-order valence-corrected chi connectivity index (χ4v) is 2.68. The van der Waals surface area contributed by atoms with E-state index in [0.29, 0.717) is 0 Å². The Morgan fingerprint density at radius 3 is 2.30 bits per heavy atom. The van der Waals surface area contributed by atoms with Crippen molar-refractivity contribution < 1.29 is 0 Å². The first-order valence-electron chi connectivity index (χ1n) is 7.41. The lowest BCUT2D eigenvalue weighted by molar-refractivity contribution is 0.403. The predicted octanol–water partition coefficient (Wildman–Crippen LogP) is 4.20. The third-order valence-electron chi connectivity index (χ3n) is 4.15. The van der Waals surface area contributed by atoms with Crippen molar-refractivity contribution in [2.75, 3.05) is 0 Å². The van der Waals surface area contributed by atoms with Crippen LogP contribution in [-0.2, 0) is 12.8 Å². The van der Waals surface area contributed by atoms with Crippen molar-refractivity contribution in [1.82, 2.24) is 0 Å². The van der Waals surface area contributed by atoms with Crippen LogP contribution in [-0.4, -0.2) is 5.54 Å². The second-order valence-electron chi connectivity index (χ2n) is 5.99. The average molecular weight is 267 g/mol. The summed E-state index contributed by atoms with van der Waals surface area (Å²) in [4.78, 5) is 0. The smallest absolute Gasteiger partial charge is 0.0233 e. The van der Waals surface area contributed by atoms with Gasteiger partial charge < -0.3 is 5.73 Å². The minimum atomic E-state index is -0.167. The van der Waals surface area contributed by atoms with Crippen LogP contribution in [0, 0.1) is 13.8 Å². The fourth-order valence-electron chi connectivity index (χ4n) is 2.68. The van der Waals surface area contributed by atoms with E-state index in [4.69, 9.17) is 5.73 Å². The van der Waals surface area contributed by atoms with Gasteiger partial charge in [0, 0.05) is 5.54 Å². The molecule has 2 N–H and O–H groups in total. The number of hydrogen-bond acceptors (Lipinski definition) is 1. The van der Waals surface area contributed by atoms with E-state index < -0.39 is 0 Å². The number of benzene rings is 2. The van der Waals surface area contributed by atoms with Crippen LogP contribution in [0.15, 0.2) is 48.5 Å². The van der Waals surface area contributed by atoms with Gasteiger partial charge in [0.2, 0.25) is 0 Å². The molecule has 0 saturated heterocycles. The summed E-state index contributed by atoms with van der Waals surface area (Å²) in [6.45, 7) is 6.51. The molecule has 0 aromatic heterocycles. The SMILES string of the molecule is CCC(N)(Cc1ccccc1)Cc1cc(C)ccc1C. The van der Waals surface area contributed by atoms with Gasteiger partial charge in [0.15, 0.2) is 0 Å². The van der Waals surface area contributed by atoms with Crippen molar-refractivity contribution in [3.05, 3.63) is 70.8 Å². The third-order valence-corrected chi connectivity index (χ3v) is 4.15. The van der Waals surface area contributed by atoms with Gasteiger partial charge in [-0.25, -0.2) is 0 Å². The third kappa shape index (κ3) is 3.71. The summed E-state index contributed by atoms with van der Waals surface area (Å²) in [5.41, 5.74) is 11.9. The van der Waals surface area contributed by atoms with Crippen molar-refractivity contribution >= 4 is 0 Å². The lowest BCUT2D eigenvalue weighted by Gasteiger charge is -2.29. The van der Waals surface area contributed by atoms with E-state index in [1.807, 2.05) is 0 Å². The fraction of sp³-hybridized carbons (Fsp3) is 0.368. The summed E-state index contributed by atoms with van der Waals surface area (Å²) in [5, 5.41) is 0. The molecule has 0 spiro atoms. The summed E-state index contributed by atoms with van der Waals surface area (Å²) in [6.07, 6.45) is 2.85. The Bertz CT molecular complexity index is 559. The van der Waals surface area contributed by atoms with E-state index in [1.165, 1.54) is 22.3 Å². The Morgan fingerprint density at radius 1 is 0.950 bits per heavy atom. The molecule has 1 heteroatoms. The van der Waals surface area contributed by atoms with E-state index in [0.717, 1.165) is 19.3 Å². The van der Waals surface area contributed by atoms with Gasteiger partial charge >= 0.3 is 0 Å². The normalized spacial score (nSPS) is 14.0. The molecular weight excluding hydrogens is 242 g/mol. The van der Waals surface area contributed by atoms with Crippen LogP contribution in [0.25, 0.3) is 0 Å². The molecule has 2 aromatic carbocycles. The molecule has 2 rings (SSSR count). The molecule has 0 aliphatic heterocycles. The van der Waals surface area contributed by atoms with Gasteiger partial charge in [-0.05, 0) is 49.8 Å². The molecule has 1 nitrogen and oxygen atoms in total. The molecule has 0 fully saturated rings. The Balaban J connectivity index is 2.20. The van der Waals surface area contributed by atoms with Crippen LogP contribution in [0.1, 0.15) is 35.6 Å². The van der Waals surface area contributed by atoms with Gasteiger partial charge in [-0.2, -0.15) is 0 Å². The number of nitrogens with two attached hydrogens (primary N) is 1. The highest BCUT2D eigenvalue weighted by Gasteiger charge is 2.24. The summed E-state index contributed by atoms with van der Waals surface area (Å²) < 4.78 is 0. The Kier molecular flexibility index (Phi) is 4.61. The first-order valence-corrected chi connectivity index (χ1v) is 7.41. The number of hydrogen-bond donors (Lipinski definition) is 1. The van der Waals surface area contributed by atoms with E-state index in [1.54, 1.807) is 0 Å². The molecule has 106 valence electrons. The summed E-state index contributed by atoms with van der Waals surface area (Å²) in [7, 11) is 0. The van der Waals surface area contributed by atoms with Gasteiger partial charge in [-0.15, -0.1) is 0 Å². The molecule has 2 aromatic rings. The van der Waals surface area contributed by atoms with Gasteiger partial charge in [0.1, 0.15) is 0 Å². The second kappa shape index (κ2) is 6.23. The zero-order chi connectivity index (χ0) is 14.6. The highest BCUT2D eigenvalue weighted by molar-refractivity contribution is 5.32. The van der Waals surface area contributed by atoms with E-state index in [9.17, 15) is 0 Å². The van der Waals surface area contributed by atoms with Gasteiger partial charge in [-0.3, -0.25) is 0 Å². The molecule has 1 atom stereocenters. The molecule has 0 heterocycles. The molecule has 1 unspecified atom stereocenters. The maximum atomic E-state index is 6.68. The van der Waals surface area contributed by atoms with Crippen LogP contribution < -0.4 is 5.73 Å². The zero-order valence-electron chi connectivity index (χ0n) is 12.8. The second-order valence-corrected chi connectivity index (χ2v) is 5.99. The highest BCUT2D eigenvalue weighted by Crippen LogP contribution is 2.23. The lowest BCUT2D eigenvalue weighted by atomic mass is 9.82. The zero-order valence-corrected chi connectivity index (χ0v) is 12.8. The van der Waals surface area contributed by atoms with Crippen LogP contribution in [0.2, 0.25) is 0 Å². The van der Waals surface area contributed by atoms with Crippen LogP contribution in [0.3, 0.4) is 0 Å². The van der Waals surface area contributed by atoms with Crippen LogP contribution in [0.5, 0.6) is 0 Å². The number of aryl methyl sites for hydroxylation is 2. The topological polar surface area (TPSA) is 26.0 Å². The van der Waals surface area contributed by atoms with E-state index in [2.05, 4.69) is 69.3 Å². The van der Waals surface area contributed by atoms with E-state index in [-0.39, 0.29) is 5.54 Å². The Hall–Kier alpha value is -1.60. The first kappa shape index (κ1) is 14.8. The molecule has 0 saturated carbocycles. The van der Waals surface area contributed by atoms with Crippen molar-refractivity contribution in [1.29, 1.82) is 0 Å². The van der Waals surface area contributed by atoms with Gasteiger partial charge in [-0.1, -0.05) is 61.0 Å². The maximum absolute atomic E-state index is 6.68. The molecule has 0 aliphatic carbocycles. The molecule has 0 amide bonds. The Morgan fingerprint density at radius 2 is 1.65 bits per heavy atom. The first-order chi connectivity index (χ1) is 9.52. The van der Waals surface area contributed by atoms with E-state index >= 15 is 0 Å². The lowest BCUT2D eigenvalue weighted by Crippen LogP contribution is -2.43. The van der Waals surface area contributed by atoms with Crippen molar-refractivity contribution in [2.24, 2.45) is 5.73 Å². The minimum absolute atomic E-state index is 0.167. The monoisotopic (exact) mass is 267 g/mol. The average Bonchev–Trinajstić information content (AvgIpc) is 2.44. The summed E-state index contributed by atoms with van der Waals surface area (Å²) in [5.74, 6) is 0. The van der Waals surface area contributed by atoms with Crippen molar-refractivity contribution in [3.63, 3.8) is 0 Å². The van der Waals surface area contributed by atoms with Crippen molar-refractivity contribution in [3.8, 4) is 0 Å². The molecule has 0 aliphatic rings. The highest BCUT2D eigenvalue weighted by atomic mass is 14.7. The standard InChI is InChI=1S/C19H25N/c1-4-19(20,13-17-8-6-5-7-9-17)14-18-12-15(2)10-11-16(18)3/h5-12H,4,13-14,20H2,1-3H3.